The number of allylic oxidation sites excluding steroid dienone is 1. The fourth-order valence-electron chi connectivity index (χ4n) is 0.344. The highest BCUT2D eigenvalue weighted by Gasteiger charge is 1.95. The molecule has 46 valence electrons. The van der Waals surface area contributed by atoms with Crippen molar-refractivity contribution in [3.63, 3.8) is 0 Å². The lowest BCUT2D eigenvalue weighted by molar-refractivity contribution is 0.449. The average molecular weight is 152 g/mol. The summed E-state index contributed by atoms with van der Waals surface area (Å²) in [6.45, 7) is 1.98. The van der Waals surface area contributed by atoms with E-state index in [-0.39, 0.29) is 0 Å². The van der Waals surface area contributed by atoms with Gasteiger partial charge in [-0.05, 0) is 6.92 Å². The van der Waals surface area contributed by atoms with E-state index >= 15 is 0 Å². The van der Waals surface area contributed by atoms with Crippen LogP contribution in [0.4, 0.5) is 0 Å². The van der Waals surface area contributed by atoms with E-state index in [9.17, 15) is 0 Å². The Labute approximate surface area is 61.3 Å². The van der Waals surface area contributed by atoms with E-state index < -0.39 is 0 Å². The normalized spacial score (nSPS) is 11.0. The average Bonchev–Trinajstić information content (AvgIpc) is 1.88. The maximum absolute atomic E-state index is 5.11. The molecule has 0 N–H and O–H groups in total. The van der Waals surface area contributed by atoms with Gasteiger partial charge >= 0.3 is 0 Å². The first kappa shape index (κ1) is 8.69. The summed E-state index contributed by atoms with van der Waals surface area (Å²) in [5.41, 5.74) is 2.59. The van der Waals surface area contributed by atoms with Crippen molar-refractivity contribution in [1.82, 2.24) is 0 Å². The van der Waals surface area contributed by atoms with Crippen molar-refractivity contribution in [1.29, 1.82) is 0 Å². The first-order chi connectivity index (χ1) is 4.35. The van der Waals surface area contributed by atoms with Crippen LogP contribution in [-0.4, -0.2) is 26.4 Å². The van der Waals surface area contributed by atoms with Crippen molar-refractivity contribution >= 4 is 19.3 Å². The summed E-state index contributed by atoms with van der Waals surface area (Å²) in [6, 6.07) is 0. The minimum absolute atomic E-state index is 0.444. The fourth-order valence-corrected chi connectivity index (χ4v) is 1.71. The SMILES string of the molecule is C#C[Si]C(=CC)[Si]OC. The molecule has 0 aliphatic rings. The van der Waals surface area contributed by atoms with Gasteiger partial charge in [0, 0.05) is 7.11 Å². The second-order valence-electron chi connectivity index (χ2n) is 1.28. The molecule has 0 aromatic carbocycles. The van der Waals surface area contributed by atoms with Crippen molar-refractivity contribution < 1.29 is 4.43 Å². The summed E-state index contributed by atoms with van der Waals surface area (Å²) in [5.74, 6) is 0. The van der Waals surface area contributed by atoms with Crippen molar-refractivity contribution in [3.8, 4) is 12.0 Å². The summed E-state index contributed by atoms with van der Waals surface area (Å²) >= 11 is 0. The zero-order chi connectivity index (χ0) is 7.11. The molecule has 1 nitrogen and oxygen atoms in total. The Kier molecular flexibility index (Phi) is 5.63. The molecule has 0 aliphatic heterocycles. The van der Waals surface area contributed by atoms with E-state index in [2.05, 4.69) is 5.54 Å². The third-order valence-electron chi connectivity index (χ3n) is 0.708. The predicted octanol–water partition coefficient (Wildman–Crippen LogP) is 0.408. The molecule has 0 saturated heterocycles. The van der Waals surface area contributed by atoms with Crippen molar-refractivity contribution in [2.45, 2.75) is 6.92 Å². The quantitative estimate of drug-likeness (QED) is 0.420. The van der Waals surface area contributed by atoms with Crippen LogP contribution in [0.25, 0.3) is 0 Å². The maximum Gasteiger partial charge on any atom is 0.259 e. The van der Waals surface area contributed by atoms with Gasteiger partial charge in [0.25, 0.3) is 9.76 Å². The first-order valence-corrected chi connectivity index (χ1v) is 4.43. The summed E-state index contributed by atoms with van der Waals surface area (Å²) in [7, 11) is 2.62. The van der Waals surface area contributed by atoms with Gasteiger partial charge in [-0.3, -0.25) is 0 Å². The Morgan fingerprint density at radius 1 is 1.78 bits per heavy atom. The topological polar surface area (TPSA) is 9.23 Å². The largest absolute Gasteiger partial charge is 0.415 e. The van der Waals surface area contributed by atoms with Gasteiger partial charge in [-0.25, -0.2) is 0 Å². The molecule has 0 aliphatic carbocycles. The van der Waals surface area contributed by atoms with Gasteiger partial charge in [-0.15, -0.1) is 12.0 Å². The maximum atomic E-state index is 5.11. The highest BCUT2D eigenvalue weighted by Crippen LogP contribution is 1.86. The molecule has 0 bridgehead atoms. The minimum Gasteiger partial charge on any atom is -0.415 e. The minimum atomic E-state index is 0.444. The lowest BCUT2D eigenvalue weighted by Gasteiger charge is -1.94. The molecule has 4 radical (unpaired) electrons. The van der Waals surface area contributed by atoms with Crippen LogP contribution in [0.5, 0.6) is 0 Å². The van der Waals surface area contributed by atoms with Gasteiger partial charge in [-0.1, -0.05) is 10.9 Å². The molecule has 3 heteroatoms. The molecule has 0 spiro atoms. The smallest absolute Gasteiger partial charge is 0.259 e. The summed E-state index contributed by atoms with van der Waals surface area (Å²) in [5, 5.41) is 0. The predicted molar refractivity (Wildman–Crippen MR) is 41.1 cm³/mol. The molecule has 0 rings (SSSR count). The first-order valence-electron chi connectivity index (χ1n) is 2.52. The molecule has 0 saturated carbocycles. The lowest BCUT2D eigenvalue weighted by atomic mass is 10.8. The Morgan fingerprint density at radius 2 is 2.44 bits per heavy atom. The van der Waals surface area contributed by atoms with Gasteiger partial charge in [0.15, 0.2) is 9.52 Å². The van der Waals surface area contributed by atoms with E-state index in [0.29, 0.717) is 19.3 Å². The molecular weight excluding hydrogens is 144 g/mol. The van der Waals surface area contributed by atoms with Crippen molar-refractivity contribution in [3.05, 3.63) is 10.9 Å². The summed E-state index contributed by atoms with van der Waals surface area (Å²) < 4.78 is 4.92. The highest BCUT2D eigenvalue weighted by molar-refractivity contribution is 6.71. The summed E-state index contributed by atoms with van der Waals surface area (Å²) in [4.78, 5) is 1.22. The number of hydrogen-bond donors (Lipinski definition) is 0. The molecule has 9 heavy (non-hydrogen) atoms. The van der Waals surface area contributed by atoms with Crippen LogP contribution in [0.2, 0.25) is 0 Å². The zero-order valence-electron chi connectivity index (χ0n) is 5.56. The molecule has 0 amide bonds. The third kappa shape index (κ3) is 4.21. The zero-order valence-corrected chi connectivity index (χ0v) is 7.56. The van der Waals surface area contributed by atoms with Crippen LogP contribution in [0.3, 0.4) is 0 Å². The van der Waals surface area contributed by atoms with Gasteiger partial charge < -0.3 is 4.43 Å². The molecule has 0 heterocycles. The van der Waals surface area contributed by atoms with Gasteiger partial charge in [0.1, 0.15) is 0 Å². The van der Waals surface area contributed by atoms with Crippen LogP contribution in [0.1, 0.15) is 6.92 Å². The van der Waals surface area contributed by atoms with Gasteiger partial charge in [-0.2, -0.15) is 0 Å². The molecule has 0 aromatic heterocycles. The molecule has 0 aromatic rings. The van der Waals surface area contributed by atoms with Crippen molar-refractivity contribution in [2.24, 2.45) is 0 Å². The highest BCUT2D eigenvalue weighted by atomic mass is 28.3. The Balaban J connectivity index is 3.59. The fraction of sp³-hybridized carbons (Fsp3) is 0.333. The van der Waals surface area contributed by atoms with Gasteiger partial charge in [0.05, 0.1) is 0 Å². The molecule has 0 fully saturated rings. The second-order valence-corrected chi connectivity index (χ2v) is 4.01. The lowest BCUT2D eigenvalue weighted by Crippen LogP contribution is -2.04. The van der Waals surface area contributed by atoms with Crippen LogP contribution in [-0.2, 0) is 4.43 Å². The van der Waals surface area contributed by atoms with E-state index in [1.807, 2.05) is 13.0 Å². The van der Waals surface area contributed by atoms with E-state index in [0.717, 1.165) is 0 Å². The van der Waals surface area contributed by atoms with E-state index in [1.54, 1.807) is 7.11 Å². The number of terminal acetylenes is 1. The molecule has 0 unspecified atom stereocenters. The van der Waals surface area contributed by atoms with Crippen LogP contribution in [0, 0.1) is 12.0 Å². The summed E-state index contributed by atoms with van der Waals surface area (Å²) in [6.07, 6.45) is 7.12. The number of rotatable bonds is 3. The Hall–Kier alpha value is -0.306. The number of hydrogen-bond acceptors (Lipinski definition) is 1. The van der Waals surface area contributed by atoms with Gasteiger partial charge in [0.2, 0.25) is 0 Å². The van der Waals surface area contributed by atoms with Crippen LogP contribution < -0.4 is 0 Å². The Morgan fingerprint density at radius 3 is 2.78 bits per heavy atom. The van der Waals surface area contributed by atoms with Crippen LogP contribution in [0.15, 0.2) is 10.9 Å². The standard InChI is InChI=1S/C6H8OSi2/c1-4-6(8-5-2)9-7-3/h2,4H,1,3H3. The van der Waals surface area contributed by atoms with E-state index in [1.165, 1.54) is 4.82 Å². The monoisotopic (exact) mass is 152 g/mol. The third-order valence-corrected chi connectivity index (χ3v) is 2.80. The van der Waals surface area contributed by atoms with Crippen molar-refractivity contribution in [2.75, 3.05) is 7.11 Å². The molecule has 0 atom stereocenters. The Bertz CT molecular complexity index is 134. The van der Waals surface area contributed by atoms with Crippen LogP contribution >= 0.6 is 0 Å². The molecular formula is C6H8OSi2. The second kappa shape index (κ2) is 5.82. The van der Waals surface area contributed by atoms with E-state index in [4.69, 9.17) is 10.8 Å².